The quantitative estimate of drug-likeness (QED) is 0.229. The lowest BCUT2D eigenvalue weighted by atomic mass is 9.97. The molecule has 4 aromatic carbocycles. The van der Waals surface area contributed by atoms with E-state index in [4.69, 9.17) is 18.9 Å². The number of aliphatic hydroxyl groups excluding tert-OH is 1. The maximum absolute atomic E-state index is 13.0. The number of nitrogens with zero attached hydrogens (tertiary/aromatic N) is 2. The molecule has 1 spiro atoms. The maximum Gasteiger partial charge on any atom is 0.261 e. The summed E-state index contributed by atoms with van der Waals surface area (Å²) >= 11 is 0. The molecule has 4 aliphatic rings. The first-order valence-corrected chi connectivity index (χ1v) is 17.1. The monoisotopic (exact) mass is 660 g/mol. The highest BCUT2D eigenvalue weighted by molar-refractivity contribution is 6.21. The van der Waals surface area contributed by atoms with Crippen molar-refractivity contribution in [2.24, 2.45) is 0 Å². The Morgan fingerprint density at radius 2 is 1.39 bits per heavy atom. The van der Waals surface area contributed by atoms with Crippen LogP contribution in [0.3, 0.4) is 0 Å². The second-order valence-electron chi connectivity index (χ2n) is 13.3. The van der Waals surface area contributed by atoms with Crippen LogP contribution < -0.4 is 0 Å². The molecule has 9 nitrogen and oxygen atoms in total. The Morgan fingerprint density at radius 3 is 2.08 bits per heavy atom. The van der Waals surface area contributed by atoms with Crippen molar-refractivity contribution in [2.45, 2.75) is 56.7 Å². The minimum absolute atomic E-state index is 0.00364. The van der Waals surface area contributed by atoms with Crippen LogP contribution in [0.2, 0.25) is 0 Å². The first kappa shape index (κ1) is 32.0. The number of piperidine rings is 1. The van der Waals surface area contributed by atoms with Crippen molar-refractivity contribution >= 4 is 11.8 Å². The van der Waals surface area contributed by atoms with E-state index in [0.29, 0.717) is 30.8 Å². The summed E-state index contributed by atoms with van der Waals surface area (Å²) in [6, 6.07) is 31.1. The van der Waals surface area contributed by atoms with E-state index >= 15 is 0 Å². The number of hydrogen-bond acceptors (Lipinski definition) is 8. The maximum atomic E-state index is 13.0. The first-order chi connectivity index (χ1) is 24.0. The van der Waals surface area contributed by atoms with E-state index in [0.717, 1.165) is 65.9 Å². The van der Waals surface area contributed by atoms with Crippen molar-refractivity contribution in [3.05, 3.63) is 130 Å². The summed E-state index contributed by atoms with van der Waals surface area (Å²) in [5, 5.41) is 9.59. The van der Waals surface area contributed by atoms with Gasteiger partial charge in [0, 0.05) is 44.5 Å². The van der Waals surface area contributed by atoms with Crippen molar-refractivity contribution < 1.29 is 33.6 Å². The summed E-state index contributed by atoms with van der Waals surface area (Å²) in [6.45, 7) is 4.07. The average molecular weight is 661 g/mol. The van der Waals surface area contributed by atoms with Gasteiger partial charge in [0.05, 0.1) is 49.7 Å². The third kappa shape index (κ3) is 6.58. The first-order valence-electron chi connectivity index (χ1n) is 17.1. The van der Waals surface area contributed by atoms with Gasteiger partial charge in [0.1, 0.15) is 0 Å². The van der Waals surface area contributed by atoms with Gasteiger partial charge < -0.3 is 29.0 Å². The van der Waals surface area contributed by atoms with Gasteiger partial charge in [-0.15, -0.1) is 0 Å². The van der Waals surface area contributed by atoms with Crippen molar-refractivity contribution in [3.63, 3.8) is 0 Å². The number of carbonyl (C=O) groups is 2. The Balaban J connectivity index is 1.01. The number of benzene rings is 4. The Kier molecular flexibility index (Phi) is 8.88. The molecule has 0 saturated carbocycles. The Labute approximate surface area is 286 Å². The number of hydrogen-bond donors (Lipinski definition) is 1. The van der Waals surface area contributed by atoms with Crippen LogP contribution in [0.25, 0.3) is 11.1 Å². The average Bonchev–Trinajstić information content (AvgIpc) is 3.71. The molecule has 252 valence electrons. The molecule has 0 unspecified atom stereocenters. The SMILES string of the molecule is O=C1c2ccccc2C(=O)N1Cc1cccc(-c2cccc([C@@H]3O[C@H](CN4CCC5(CC4)OCCO5)C[C@H](c4ccc(CO)cc4)O3)c2)c1. The van der Waals surface area contributed by atoms with Gasteiger partial charge in [0.25, 0.3) is 11.8 Å². The molecule has 3 atom stereocenters. The van der Waals surface area contributed by atoms with Crippen molar-refractivity contribution in [1.82, 2.24) is 9.80 Å². The van der Waals surface area contributed by atoms with Crippen LogP contribution in [0.1, 0.15) is 74.6 Å². The molecular formula is C40H40N2O7. The molecule has 0 radical (unpaired) electrons. The largest absolute Gasteiger partial charge is 0.392 e. The van der Waals surface area contributed by atoms with E-state index in [1.807, 2.05) is 66.7 Å². The number of likely N-dealkylation sites (tertiary alicyclic amines) is 1. The number of aliphatic hydroxyl groups is 1. The van der Waals surface area contributed by atoms with E-state index in [1.54, 1.807) is 24.3 Å². The number of rotatable bonds is 8. The second-order valence-corrected chi connectivity index (χ2v) is 13.3. The molecular weight excluding hydrogens is 620 g/mol. The van der Waals surface area contributed by atoms with E-state index in [2.05, 4.69) is 11.0 Å². The number of amides is 2. The van der Waals surface area contributed by atoms with Gasteiger partial charge in [-0.2, -0.15) is 0 Å². The van der Waals surface area contributed by atoms with E-state index in [9.17, 15) is 14.7 Å². The lowest BCUT2D eigenvalue weighted by molar-refractivity contribution is -0.255. The van der Waals surface area contributed by atoms with Crippen molar-refractivity contribution in [1.29, 1.82) is 0 Å². The van der Waals surface area contributed by atoms with Gasteiger partial charge in [-0.1, -0.05) is 72.8 Å². The molecule has 3 fully saturated rings. The van der Waals surface area contributed by atoms with Crippen LogP contribution in [-0.2, 0) is 32.1 Å². The van der Waals surface area contributed by atoms with Gasteiger partial charge in [-0.3, -0.25) is 14.5 Å². The molecule has 8 rings (SSSR count). The standard InChI is InChI=1S/C40H40N2O7/c43-26-27-11-13-29(14-12-27)36-23-33(25-41-17-15-40(16-18-41)46-19-20-47-40)48-39(49-36)32-8-4-7-31(22-32)30-6-3-5-28(21-30)24-42-37(44)34-9-1-2-10-35(34)38(42)45/h1-14,21-22,33,36,39,43H,15-20,23-26H2/t33-,36+,39+/m0/s1. The number of imide groups is 1. The molecule has 9 heteroatoms. The fourth-order valence-electron chi connectivity index (χ4n) is 7.46. The smallest absolute Gasteiger partial charge is 0.261 e. The van der Waals surface area contributed by atoms with Gasteiger partial charge in [0.15, 0.2) is 12.1 Å². The van der Waals surface area contributed by atoms with Gasteiger partial charge in [-0.25, -0.2) is 0 Å². The van der Waals surface area contributed by atoms with Crippen LogP contribution >= 0.6 is 0 Å². The van der Waals surface area contributed by atoms with E-state index in [-0.39, 0.29) is 37.2 Å². The van der Waals surface area contributed by atoms with Gasteiger partial charge >= 0.3 is 0 Å². The summed E-state index contributed by atoms with van der Waals surface area (Å²) in [5.74, 6) is -0.951. The Hall–Kier alpha value is -4.22. The molecule has 0 bridgehead atoms. The summed E-state index contributed by atoms with van der Waals surface area (Å²) in [5.41, 5.74) is 6.55. The zero-order valence-corrected chi connectivity index (χ0v) is 27.3. The third-order valence-electron chi connectivity index (χ3n) is 10.1. The molecule has 1 N–H and O–H groups in total. The second kappa shape index (κ2) is 13.6. The van der Waals surface area contributed by atoms with Crippen LogP contribution in [0, 0.1) is 0 Å². The van der Waals surface area contributed by atoms with Crippen LogP contribution in [-0.4, -0.2) is 71.5 Å². The molecule has 4 heterocycles. The van der Waals surface area contributed by atoms with Gasteiger partial charge in [0.2, 0.25) is 0 Å². The summed E-state index contributed by atoms with van der Waals surface area (Å²) < 4.78 is 25.3. The number of fused-ring (bicyclic) bond motifs is 1. The molecule has 0 aromatic heterocycles. The zero-order chi connectivity index (χ0) is 33.4. The lowest BCUT2D eigenvalue weighted by Gasteiger charge is -2.41. The van der Waals surface area contributed by atoms with Crippen LogP contribution in [0.15, 0.2) is 97.1 Å². The molecule has 2 amide bonds. The summed E-state index contributed by atoms with van der Waals surface area (Å²) in [6.07, 6.45) is 1.58. The van der Waals surface area contributed by atoms with E-state index in [1.165, 1.54) is 4.90 Å². The van der Waals surface area contributed by atoms with E-state index < -0.39 is 12.1 Å². The van der Waals surface area contributed by atoms with Crippen LogP contribution in [0.5, 0.6) is 0 Å². The third-order valence-corrected chi connectivity index (χ3v) is 10.1. The number of carbonyl (C=O) groups excluding carboxylic acids is 2. The molecule has 4 aliphatic heterocycles. The summed E-state index contributed by atoms with van der Waals surface area (Å²) in [4.78, 5) is 29.8. The predicted molar refractivity (Wildman–Crippen MR) is 181 cm³/mol. The zero-order valence-electron chi connectivity index (χ0n) is 27.3. The lowest BCUT2D eigenvalue weighted by Crippen LogP contribution is -2.48. The number of ether oxygens (including phenoxy) is 4. The fourth-order valence-corrected chi connectivity index (χ4v) is 7.46. The highest BCUT2D eigenvalue weighted by atomic mass is 16.7. The minimum atomic E-state index is -0.583. The van der Waals surface area contributed by atoms with Crippen molar-refractivity contribution in [2.75, 3.05) is 32.8 Å². The highest BCUT2D eigenvalue weighted by Gasteiger charge is 2.41. The summed E-state index contributed by atoms with van der Waals surface area (Å²) in [7, 11) is 0. The molecule has 3 saturated heterocycles. The minimum Gasteiger partial charge on any atom is -0.392 e. The normalized spacial score (nSPS) is 23.7. The van der Waals surface area contributed by atoms with Gasteiger partial charge in [-0.05, 0) is 52.1 Å². The van der Waals surface area contributed by atoms with Crippen molar-refractivity contribution in [3.8, 4) is 11.1 Å². The molecule has 0 aliphatic carbocycles. The fraction of sp³-hybridized carbons (Fsp3) is 0.350. The Bertz CT molecular complexity index is 1790. The molecule has 49 heavy (non-hydrogen) atoms. The Morgan fingerprint density at radius 1 is 0.714 bits per heavy atom. The molecule has 4 aromatic rings. The highest BCUT2D eigenvalue weighted by Crippen LogP contribution is 2.40. The predicted octanol–water partition coefficient (Wildman–Crippen LogP) is 6.03. The topological polar surface area (TPSA) is 97.8 Å². The van der Waals surface area contributed by atoms with Crippen LogP contribution in [0.4, 0.5) is 0 Å².